The maximum Gasteiger partial charge on any atom is 0.416 e. The van der Waals surface area contributed by atoms with Crippen molar-refractivity contribution in [2.24, 2.45) is 0 Å². The fraction of sp³-hybridized carbons (Fsp3) is 0.406. The van der Waals surface area contributed by atoms with Gasteiger partial charge >= 0.3 is 6.18 Å². The van der Waals surface area contributed by atoms with E-state index in [9.17, 15) is 32.7 Å². The maximum atomic E-state index is 14.2. The Bertz CT molecular complexity index is 2060. The second kappa shape index (κ2) is 14.1. The smallest absolute Gasteiger partial charge is 0.416 e. The van der Waals surface area contributed by atoms with Crippen LogP contribution in [-0.2, 0) is 28.7 Å². The van der Waals surface area contributed by atoms with Gasteiger partial charge in [-0.15, -0.1) is 5.10 Å². The van der Waals surface area contributed by atoms with Crippen molar-refractivity contribution in [2.45, 2.75) is 45.8 Å². The molecule has 0 bridgehead atoms. The molecular weight excluding hydrogens is 683 g/mol. The number of hydrogen-bond donors (Lipinski definition) is 2. The van der Waals surface area contributed by atoms with E-state index in [4.69, 9.17) is 16.3 Å². The van der Waals surface area contributed by atoms with Crippen molar-refractivity contribution in [2.75, 3.05) is 49.6 Å². The Morgan fingerprint density at radius 1 is 1.14 bits per heavy atom. The Morgan fingerprint density at radius 2 is 1.90 bits per heavy atom. The minimum absolute atomic E-state index is 0.0172. The molecule has 0 aliphatic carbocycles. The summed E-state index contributed by atoms with van der Waals surface area (Å²) < 4.78 is 47.8. The van der Waals surface area contributed by atoms with Crippen molar-refractivity contribution < 1.29 is 32.6 Å². The van der Waals surface area contributed by atoms with E-state index in [1.807, 2.05) is 17.9 Å². The monoisotopic (exact) mass is 715 g/mol. The van der Waals surface area contributed by atoms with E-state index >= 15 is 0 Å². The first-order valence-corrected chi connectivity index (χ1v) is 16.3. The molecule has 4 aromatic rings. The van der Waals surface area contributed by atoms with Gasteiger partial charge in [0.15, 0.2) is 17.3 Å². The van der Waals surface area contributed by atoms with Crippen molar-refractivity contribution >= 4 is 46.1 Å². The van der Waals surface area contributed by atoms with Gasteiger partial charge in [0.1, 0.15) is 18.6 Å². The van der Waals surface area contributed by atoms with Gasteiger partial charge in [-0.25, -0.2) is 9.97 Å². The molecule has 18 heteroatoms. The third-order valence-electron chi connectivity index (χ3n) is 8.59. The fourth-order valence-electron chi connectivity index (χ4n) is 6.01. The number of hydrogen-bond acceptors (Lipinski definition) is 10. The van der Waals surface area contributed by atoms with Crippen LogP contribution in [0.15, 0.2) is 35.4 Å². The highest BCUT2D eigenvalue weighted by Gasteiger charge is 2.32. The molecular formula is C32H33ClF3N9O5. The number of aryl methyl sites for hydroxylation is 1. The summed E-state index contributed by atoms with van der Waals surface area (Å²) in [6.45, 7) is 4.79. The SMILES string of the molecule is CCc1c(N2CCN(C(=O)c3ncnc(C)c3O)CC2)c(=O)n2nc(C3=CCOCCC3)nc2n1CC(=O)Nc1ccc(C(F)(F)F)cc1Cl. The molecule has 5 heterocycles. The number of allylic oxidation sites excluding steroid dienone is 1. The summed E-state index contributed by atoms with van der Waals surface area (Å²) in [6.07, 6.45) is 0.0769. The number of benzene rings is 1. The summed E-state index contributed by atoms with van der Waals surface area (Å²) >= 11 is 6.11. The van der Waals surface area contributed by atoms with Crippen LogP contribution in [0.1, 0.15) is 53.0 Å². The number of carbonyl (C=O) groups excluding carboxylic acids is 2. The zero-order valence-corrected chi connectivity index (χ0v) is 27.9. The van der Waals surface area contributed by atoms with Crippen molar-refractivity contribution in [3.63, 3.8) is 0 Å². The van der Waals surface area contributed by atoms with E-state index in [0.717, 1.165) is 34.7 Å². The number of amides is 2. The standard InChI is InChI=1S/C32H33ClF3N9O5/c1-3-23-26(42-9-11-43(12-10-42)29(48)25-27(47)18(2)37-17-38-25)30(49)45-31(40-28(41-45)19-5-4-13-50-14-8-19)44(23)16-24(46)39-22-7-6-20(15-21(22)33)32(34,35)36/h6-8,15,17,47H,3-5,9-14,16H2,1-2H3,(H,39,46). The number of carbonyl (C=O) groups is 2. The third kappa shape index (κ3) is 6.87. The van der Waals surface area contributed by atoms with Gasteiger partial charge in [0.25, 0.3) is 11.5 Å². The Hall–Kier alpha value is -5.03. The molecule has 50 heavy (non-hydrogen) atoms. The third-order valence-corrected chi connectivity index (χ3v) is 8.91. The van der Waals surface area contributed by atoms with Crippen LogP contribution < -0.4 is 15.8 Å². The van der Waals surface area contributed by atoms with Crippen LogP contribution in [0.5, 0.6) is 5.75 Å². The summed E-state index contributed by atoms with van der Waals surface area (Å²) in [5.74, 6) is -0.984. The number of aromatic hydroxyl groups is 1. The number of halogens is 4. The lowest BCUT2D eigenvalue weighted by Crippen LogP contribution is -2.51. The van der Waals surface area contributed by atoms with E-state index < -0.39 is 29.1 Å². The summed E-state index contributed by atoms with van der Waals surface area (Å²) in [5, 5.41) is 17.2. The average Bonchev–Trinajstić information content (AvgIpc) is 3.36. The lowest BCUT2D eigenvalue weighted by molar-refractivity contribution is -0.137. The molecule has 0 radical (unpaired) electrons. The van der Waals surface area contributed by atoms with E-state index in [0.29, 0.717) is 37.6 Å². The number of anilines is 2. The first-order chi connectivity index (χ1) is 23.9. The molecule has 0 saturated carbocycles. The molecule has 14 nitrogen and oxygen atoms in total. The molecule has 1 saturated heterocycles. The van der Waals surface area contributed by atoms with Crippen LogP contribution >= 0.6 is 11.6 Å². The van der Waals surface area contributed by atoms with Crippen molar-refractivity contribution in [3.05, 3.63) is 74.4 Å². The van der Waals surface area contributed by atoms with Gasteiger partial charge in [-0.05, 0) is 50.0 Å². The first kappa shape index (κ1) is 34.8. The largest absolute Gasteiger partial charge is 0.504 e. The molecule has 264 valence electrons. The van der Waals surface area contributed by atoms with Crippen LogP contribution in [0.3, 0.4) is 0 Å². The number of nitrogens with one attached hydrogen (secondary N) is 1. The highest BCUT2D eigenvalue weighted by molar-refractivity contribution is 6.33. The lowest BCUT2D eigenvalue weighted by atomic mass is 10.1. The van der Waals surface area contributed by atoms with Crippen LogP contribution in [-0.4, -0.2) is 90.3 Å². The molecule has 0 unspecified atom stereocenters. The van der Waals surface area contributed by atoms with Gasteiger partial charge in [0.05, 0.1) is 34.3 Å². The van der Waals surface area contributed by atoms with Gasteiger partial charge in [0, 0.05) is 32.8 Å². The minimum atomic E-state index is -4.61. The molecule has 2 aliphatic heterocycles. The number of fused-ring (bicyclic) bond motifs is 1. The number of alkyl halides is 3. The van der Waals surface area contributed by atoms with Crippen LogP contribution in [0.25, 0.3) is 11.4 Å². The number of aromatic nitrogens is 6. The lowest BCUT2D eigenvalue weighted by Gasteiger charge is -2.36. The number of rotatable bonds is 7. The molecule has 3 aromatic heterocycles. The second-order valence-electron chi connectivity index (χ2n) is 11.8. The van der Waals surface area contributed by atoms with Gasteiger partial charge in [-0.1, -0.05) is 24.6 Å². The molecule has 1 aromatic carbocycles. The van der Waals surface area contributed by atoms with Crippen molar-refractivity contribution in [1.29, 1.82) is 0 Å². The quantitative estimate of drug-likeness (QED) is 0.289. The Balaban J connectivity index is 1.35. The first-order valence-electron chi connectivity index (χ1n) is 15.9. The van der Waals surface area contributed by atoms with Crippen LogP contribution in [0.2, 0.25) is 5.02 Å². The molecule has 2 aliphatic rings. The van der Waals surface area contributed by atoms with Crippen LogP contribution in [0, 0.1) is 6.92 Å². The van der Waals surface area contributed by atoms with E-state index in [1.165, 1.54) is 11.2 Å². The van der Waals surface area contributed by atoms with Crippen LogP contribution in [0.4, 0.5) is 24.5 Å². The molecule has 2 amide bonds. The molecule has 1 fully saturated rings. The zero-order chi connectivity index (χ0) is 35.7. The Morgan fingerprint density at radius 3 is 2.60 bits per heavy atom. The van der Waals surface area contributed by atoms with Gasteiger partial charge in [-0.2, -0.15) is 22.7 Å². The topological polar surface area (TPSA) is 160 Å². The second-order valence-corrected chi connectivity index (χ2v) is 12.2. The predicted octanol–water partition coefficient (Wildman–Crippen LogP) is 3.72. The normalized spacial score (nSPS) is 15.6. The van der Waals surface area contributed by atoms with Gasteiger partial charge < -0.3 is 29.5 Å². The van der Waals surface area contributed by atoms with E-state index in [-0.39, 0.29) is 72.0 Å². The Labute approximate surface area is 288 Å². The number of nitrogens with zero attached hydrogens (tertiary/aromatic N) is 8. The fourth-order valence-corrected chi connectivity index (χ4v) is 6.24. The average molecular weight is 716 g/mol. The summed E-state index contributed by atoms with van der Waals surface area (Å²) in [5.41, 5.74) is 0.237. The molecule has 0 atom stereocenters. The maximum absolute atomic E-state index is 14.2. The summed E-state index contributed by atoms with van der Waals surface area (Å²) in [6, 6.07) is 2.63. The van der Waals surface area contributed by atoms with E-state index in [1.54, 1.807) is 11.5 Å². The predicted molar refractivity (Wildman–Crippen MR) is 176 cm³/mol. The number of ether oxygens (including phenoxy) is 1. The summed E-state index contributed by atoms with van der Waals surface area (Å²) in [7, 11) is 0. The summed E-state index contributed by atoms with van der Waals surface area (Å²) in [4.78, 5) is 56.8. The molecule has 2 N–H and O–H groups in total. The Kier molecular flexibility index (Phi) is 9.80. The number of piperazine rings is 1. The highest BCUT2D eigenvalue weighted by atomic mass is 35.5. The van der Waals surface area contributed by atoms with Gasteiger partial charge in [-0.3, -0.25) is 14.4 Å². The van der Waals surface area contributed by atoms with Crippen molar-refractivity contribution in [1.82, 2.24) is 34.0 Å². The molecule has 0 spiro atoms. The molecule has 6 rings (SSSR count). The highest BCUT2D eigenvalue weighted by Crippen LogP contribution is 2.34. The van der Waals surface area contributed by atoms with E-state index in [2.05, 4.69) is 25.4 Å². The van der Waals surface area contributed by atoms with Crippen molar-refractivity contribution in [3.8, 4) is 5.75 Å². The zero-order valence-electron chi connectivity index (χ0n) is 27.1. The minimum Gasteiger partial charge on any atom is -0.504 e. The van der Waals surface area contributed by atoms with Gasteiger partial charge in [0.2, 0.25) is 11.7 Å².